The highest BCUT2D eigenvalue weighted by Crippen LogP contribution is 2.30. The molecule has 1 fully saturated rings. The molecule has 0 aliphatic carbocycles. The number of carbonyl (C=O) groups is 3. The number of methoxy groups -OCH3 is 1. The van der Waals surface area contributed by atoms with E-state index in [-0.39, 0.29) is 35.2 Å². The van der Waals surface area contributed by atoms with Crippen molar-refractivity contribution in [3.8, 4) is 11.5 Å². The van der Waals surface area contributed by atoms with E-state index in [9.17, 15) is 23.9 Å². The molecule has 1 aliphatic rings. The molecule has 1 aliphatic heterocycles. The quantitative estimate of drug-likeness (QED) is 0.362. The van der Waals surface area contributed by atoms with Crippen molar-refractivity contribution in [2.45, 2.75) is 24.9 Å². The van der Waals surface area contributed by atoms with Gasteiger partial charge in [0.25, 0.3) is 11.8 Å². The number of pyridine rings is 1. The zero-order valence-electron chi connectivity index (χ0n) is 20.2. The Kier molecular flexibility index (Phi) is 8.09. The Morgan fingerprint density at radius 2 is 1.57 bits per heavy atom. The molecule has 3 aromatic rings. The van der Waals surface area contributed by atoms with E-state index in [4.69, 9.17) is 4.74 Å². The first-order chi connectivity index (χ1) is 17.9. The molecule has 192 valence electrons. The minimum atomic E-state index is -0.962. The van der Waals surface area contributed by atoms with Crippen molar-refractivity contribution in [1.82, 2.24) is 20.9 Å². The topological polar surface area (TPSA) is 130 Å². The first-order valence-electron chi connectivity index (χ1n) is 11.8. The second kappa shape index (κ2) is 11.6. The van der Waals surface area contributed by atoms with Crippen LogP contribution in [0.15, 0.2) is 60.9 Å². The lowest BCUT2D eigenvalue weighted by Crippen LogP contribution is -2.54. The number of nitrogens with one attached hydrogen (secondary N) is 3. The number of carbonyl (C=O) groups excluding carboxylic acids is 3. The smallest absolute Gasteiger partial charge is 0.251 e. The number of aromatic nitrogens is 1. The average Bonchev–Trinajstić information content (AvgIpc) is 3.14. The molecule has 0 bridgehead atoms. The first-order valence-corrected chi connectivity index (χ1v) is 11.8. The molecular formula is C27H27FN4O5. The second-order valence-corrected chi connectivity index (χ2v) is 8.62. The molecule has 2 atom stereocenters. The molecule has 0 spiro atoms. The van der Waals surface area contributed by atoms with E-state index >= 15 is 0 Å². The minimum absolute atomic E-state index is 0.0974. The summed E-state index contributed by atoms with van der Waals surface area (Å²) in [5.41, 5.74) is 0.363. The highest BCUT2D eigenvalue weighted by atomic mass is 19.1. The van der Waals surface area contributed by atoms with Crippen LogP contribution in [0, 0.1) is 5.82 Å². The summed E-state index contributed by atoms with van der Waals surface area (Å²) in [6.07, 6.45) is 4.55. The van der Waals surface area contributed by atoms with Gasteiger partial charge in [-0.2, -0.15) is 0 Å². The lowest BCUT2D eigenvalue weighted by molar-refractivity contribution is 0.0882. The maximum Gasteiger partial charge on any atom is 0.251 e. The highest BCUT2D eigenvalue weighted by Gasteiger charge is 2.28. The Hall–Kier alpha value is -4.31. The first kappa shape index (κ1) is 25.8. The summed E-state index contributed by atoms with van der Waals surface area (Å²) in [4.78, 5) is 42.5. The molecular weight excluding hydrogens is 479 g/mol. The summed E-state index contributed by atoms with van der Waals surface area (Å²) in [7, 11) is 1.26. The summed E-state index contributed by atoms with van der Waals surface area (Å²) < 4.78 is 19.5. The average molecular weight is 507 g/mol. The van der Waals surface area contributed by atoms with Gasteiger partial charge in [0.15, 0.2) is 17.3 Å². The van der Waals surface area contributed by atoms with Crippen LogP contribution in [0.4, 0.5) is 4.39 Å². The van der Waals surface area contributed by atoms with Crippen LogP contribution in [0.2, 0.25) is 0 Å². The van der Waals surface area contributed by atoms with Crippen molar-refractivity contribution >= 4 is 17.6 Å². The maximum atomic E-state index is 14.6. The normalized spacial score (nSPS) is 17.4. The fraction of sp³-hybridized carbons (Fsp3) is 0.259. The van der Waals surface area contributed by atoms with Crippen LogP contribution in [0.1, 0.15) is 49.5 Å². The maximum absolute atomic E-state index is 14.6. The van der Waals surface area contributed by atoms with Gasteiger partial charge in [-0.05, 0) is 55.8 Å². The lowest BCUT2D eigenvalue weighted by atomic mass is 9.99. The monoisotopic (exact) mass is 506 g/mol. The number of ether oxygens (including phenoxy) is 1. The van der Waals surface area contributed by atoms with E-state index in [1.54, 1.807) is 12.1 Å². The molecule has 9 nitrogen and oxygen atoms in total. The van der Waals surface area contributed by atoms with Crippen molar-refractivity contribution in [3.63, 3.8) is 0 Å². The Morgan fingerprint density at radius 1 is 0.946 bits per heavy atom. The van der Waals surface area contributed by atoms with Crippen molar-refractivity contribution in [3.05, 3.63) is 89.0 Å². The molecule has 37 heavy (non-hydrogen) atoms. The zero-order chi connectivity index (χ0) is 26.4. The number of halogens is 1. The molecule has 0 radical (unpaired) electrons. The predicted molar refractivity (Wildman–Crippen MR) is 133 cm³/mol. The summed E-state index contributed by atoms with van der Waals surface area (Å²) in [6, 6.07) is 10.7. The van der Waals surface area contributed by atoms with E-state index in [0.29, 0.717) is 24.1 Å². The molecule has 2 unspecified atom stereocenters. The number of aromatic hydroxyl groups is 1. The summed E-state index contributed by atoms with van der Waals surface area (Å²) >= 11 is 0. The number of benzene rings is 2. The number of hydrogen-bond acceptors (Lipinski definition) is 7. The molecule has 4 N–H and O–H groups in total. The molecule has 10 heteroatoms. The van der Waals surface area contributed by atoms with Crippen molar-refractivity contribution in [2.24, 2.45) is 0 Å². The SMILES string of the molecule is COc1ccc(O)c(C(=O)c2ccc(C(=O)NC3CCCNCC3NC(=O)c3ccncc3)cc2)c1F. The van der Waals surface area contributed by atoms with Gasteiger partial charge in [-0.25, -0.2) is 4.39 Å². The van der Waals surface area contributed by atoms with E-state index in [1.807, 2.05) is 0 Å². The minimum Gasteiger partial charge on any atom is -0.507 e. The molecule has 2 heterocycles. The van der Waals surface area contributed by atoms with Crippen molar-refractivity contribution in [2.75, 3.05) is 20.2 Å². The van der Waals surface area contributed by atoms with Crippen LogP contribution in [0.25, 0.3) is 0 Å². The van der Waals surface area contributed by atoms with Gasteiger partial charge in [0.1, 0.15) is 11.3 Å². The molecule has 2 amide bonds. The van der Waals surface area contributed by atoms with Crippen molar-refractivity contribution in [1.29, 1.82) is 0 Å². The van der Waals surface area contributed by atoms with Gasteiger partial charge in [-0.1, -0.05) is 12.1 Å². The van der Waals surface area contributed by atoms with Crippen LogP contribution in [-0.4, -0.2) is 60.0 Å². The number of rotatable bonds is 7. The summed E-state index contributed by atoms with van der Waals surface area (Å²) in [5.74, 6) is -3.01. The fourth-order valence-electron chi connectivity index (χ4n) is 4.22. The second-order valence-electron chi connectivity index (χ2n) is 8.62. The summed E-state index contributed by atoms with van der Waals surface area (Å²) in [5, 5.41) is 19.3. The van der Waals surface area contributed by atoms with Crippen molar-refractivity contribution < 1.29 is 28.6 Å². The van der Waals surface area contributed by atoms with Gasteiger partial charge in [0.05, 0.1) is 19.2 Å². The molecule has 4 rings (SSSR count). The Labute approximate surface area is 213 Å². The third-order valence-electron chi connectivity index (χ3n) is 6.23. The number of phenols is 1. The van der Waals surface area contributed by atoms with E-state index in [1.165, 1.54) is 55.9 Å². The largest absolute Gasteiger partial charge is 0.507 e. The number of phenolic OH excluding ortho intramolecular Hbond substituents is 1. The number of ketones is 1. The molecule has 0 saturated carbocycles. The predicted octanol–water partition coefficient (Wildman–Crippen LogP) is 2.45. The van der Waals surface area contributed by atoms with E-state index < -0.39 is 22.9 Å². The Balaban J connectivity index is 1.47. The lowest BCUT2D eigenvalue weighted by Gasteiger charge is -2.27. The Bertz CT molecular complexity index is 1280. The number of hydrogen-bond donors (Lipinski definition) is 4. The fourth-order valence-corrected chi connectivity index (χ4v) is 4.22. The third kappa shape index (κ3) is 5.92. The molecule has 2 aromatic carbocycles. The van der Waals surface area contributed by atoms with Gasteiger partial charge >= 0.3 is 0 Å². The summed E-state index contributed by atoms with van der Waals surface area (Å²) in [6.45, 7) is 1.25. The molecule has 1 aromatic heterocycles. The molecule has 1 saturated heterocycles. The van der Waals surface area contributed by atoms with Crippen LogP contribution < -0.4 is 20.7 Å². The van der Waals surface area contributed by atoms with Crippen LogP contribution >= 0.6 is 0 Å². The highest BCUT2D eigenvalue weighted by molar-refractivity contribution is 6.11. The van der Waals surface area contributed by atoms with Gasteiger partial charge < -0.3 is 25.8 Å². The third-order valence-corrected chi connectivity index (χ3v) is 6.23. The number of nitrogens with zero attached hydrogens (tertiary/aromatic N) is 1. The van der Waals surface area contributed by atoms with Gasteiger partial charge in [0, 0.05) is 35.6 Å². The Morgan fingerprint density at radius 3 is 2.24 bits per heavy atom. The van der Waals surface area contributed by atoms with Crippen LogP contribution in [0.5, 0.6) is 11.5 Å². The van der Waals surface area contributed by atoms with Crippen LogP contribution in [0.3, 0.4) is 0 Å². The van der Waals surface area contributed by atoms with E-state index in [0.717, 1.165) is 13.0 Å². The number of amides is 2. The van der Waals surface area contributed by atoms with Gasteiger partial charge in [-0.3, -0.25) is 19.4 Å². The zero-order valence-corrected chi connectivity index (χ0v) is 20.2. The van der Waals surface area contributed by atoms with E-state index in [2.05, 4.69) is 20.9 Å². The van der Waals surface area contributed by atoms with Crippen LogP contribution in [-0.2, 0) is 0 Å². The van der Waals surface area contributed by atoms with Gasteiger partial charge in [0.2, 0.25) is 0 Å². The standard InChI is InChI=1S/C27H27FN4O5/c1-37-22-9-8-21(33)23(24(22)28)25(34)16-4-6-17(7-5-16)26(35)31-19-3-2-12-30-15-20(19)32-27(36)18-10-13-29-14-11-18/h4-11,13-14,19-20,30,33H,2-3,12,15H2,1H3,(H,31,35)(H,32,36). The van der Waals surface area contributed by atoms with Gasteiger partial charge in [-0.15, -0.1) is 0 Å².